The molecular weight excluding hydrogens is 426 g/mol. The zero-order valence-corrected chi connectivity index (χ0v) is 19.3. The average Bonchev–Trinajstić information content (AvgIpc) is 2.85. The Bertz CT molecular complexity index is 1240. The molecule has 0 atom stereocenters. The van der Waals surface area contributed by atoms with Gasteiger partial charge in [-0.05, 0) is 79.6 Å². The maximum absolute atomic E-state index is 12.8. The van der Waals surface area contributed by atoms with Crippen molar-refractivity contribution in [2.24, 2.45) is 0 Å². The van der Waals surface area contributed by atoms with Crippen LogP contribution in [0.25, 0.3) is 0 Å². The number of carbonyl (C=O) groups is 1. The Morgan fingerprint density at radius 3 is 2.29 bits per heavy atom. The molecule has 0 unspecified atom stereocenters. The van der Waals surface area contributed by atoms with Gasteiger partial charge in [0.25, 0.3) is 5.91 Å². The number of amides is 1. The zero-order chi connectivity index (χ0) is 23.8. The molecule has 0 fully saturated rings. The first-order chi connectivity index (χ1) is 16.6. The normalized spacial score (nSPS) is 10.4. The molecule has 5 nitrogen and oxygen atoms in total. The van der Waals surface area contributed by atoms with Crippen molar-refractivity contribution in [2.75, 3.05) is 11.9 Å². The molecule has 0 spiro atoms. The Labute approximate surface area is 199 Å². The summed E-state index contributed by atoms with van der Waals surface area (Å²) in [5.74, 6) is 2.37. The summed E-state index contributed by atoms with van der Waals surface area (Å²) in [7, 11) is 0. The SMILES string of the molecule is CCOc1cc(C(=O)Nc2ccc(Oc3cccc(C)c3)cc2)ccc1OCc1ccccc1. The van der Waals surface area contributed by atoms with Crippen LogP contribution in [0.3, 0.4) is 0 Å². The third-order valence-corrected chi connectivity index (χ3v) is 5.08. The van der Waals surface area contributed by atoms with E-state index in [0.29, 0.717) is 41.7 Å². The fourth-order valence-corrected chi connectivity index (χ4v) is 3.40. The van der Waals surface area contributed by atoms with Gasteiger partial charge in [-0.3, -0.25) is 4.79 Å². The van der Waals surface area contributed by atoms with Gasteiger partial charge in [0.1, 0.15) is 18.1 Å². The van der Waals surface area contributed by atoms with Gasteiger partial charge in [-0.2, -0.15) is 0 Å². The highest BCUT2D eigenvalue weighted by molar-refractivity contribution is 6.04. The van der Waals surface area contributed by atoms with Crippen molar-refractivity contribution in [2.45, 2.75) is 20.5 Å². The van der Waals surface area contributed by atoms with E-state index in [1.54, 1.807) is 18.2 Å². The van der Waals surface area contributed by atoms with Crippen LogP contribution in [-0.4, -0.2) is 12.5 Å². The molecule has 0 bridgehead atoms. The van der Waals surface area contributed by atoms with Gasteiger partial charge in [0.2, 0.25) is 0 Å². The highest BCUT2D eigenvalue weighted by Gasteiger charge is 2.12. The van der Waals surface area contributed by atoms with Gasteiger partial charge in [0.05, 0.1) is 6.61 Å². The minimum absolute atomic E-state index is 0.233. The lowest BCUT2D eigenvalue weighted by Crippen LogP contribution is -2.12. The minimum atomic E-state index is -0.233. The zero-order valence-electron chi connectivity index (χ0n) is 19.3. The summed E-state index contributed by atoms with van der Waals surface area (Å²) in [6.07, 6.45) is 0. The van der Waals surface area contributed by atoms with E-state index in [2.05, 4.69) is 5.32 Å². The fourth-order valence-electron chi connectivity index (χ4n) is 3.40. The molecule has 34 heavy (non-hydrogen) atoms. The largest absolute Gasteiger partial charge is 0.490 e. The van der Waals surface area contributed by atoms with Gasteiger partial charge in [0.15, 0.2) is 11.5 Å². The van der Waals surface area contributed by atoms with E-state index < -0.39 is 0 Å². The first-order valence-electron chi connectivity index (χ1n) is 11.2. The quantitative estimate of drug-likeness (QED) is 0.296. The molecule has 0 aliphatic carbocycles. The van der Waals surface area contributed by atoms with Crippen LogP contribution in [0.4, 0.5) is 5.69 Å². The maximum atomic E-state index is 12.8. The van der Waals surface area contributed by atoms with Crippen molar-refractivity contribution in [3.8, 4) is 23.0 Å². The predicted octanol–water partition coefficient (Wildman–Crippen LogP) is 7.02. The van der Waals surface area contributed by atoms with E-state index in [0.717, 1.165) is 16.9 Å². The van der Waals surface area contributed by atoms with Crippen molar-refractivity contribution in [3.63, 3.8) is 0 Å². The second kappa shape index (κ2) is 11.1. The number of hydrogen-bond donors (Lipinski definition) is 1. The van der Waals surface area contributed by atoms with Gasteiger partial charge in [-0.1, -0.05) is 42.5 Å². The van der Waals surface area contributed by atoms with Gasteiger partial charge < -0.3 is 19.5 Å². The summed E-state index contributed by atoms with van der Waals surface area (Å²) in [5.41, 5.74) is 3.34. The van der Waals surface area contributed by atoms with Gasteiger partial charge in [-0.25, -0.2) is 0 Å². The number of anilines is 1. The molecule has 0 saturated carbocycles. The highest BCUT2D eigenvalue weighted by atomic mass is 16.5. The van der Waals surface area contributed by atoms with E-state index in [1.807, 2.05) is 92.7 Å². The van der Waals surface area contributed by atoms with Crippen LogP contribution < -0.4 is 19.5 Å². The Kier molecular flexibility index (Phi) is 7.45. The maximum Gasteiger partial charge on any atom is 0.255 e. The van der Waals surface area contributed by atoms with Crippen molar-refractivity contribution in [3.05, 3.63) is 114 Å². The molecule has 4 aromatic carbocycles. The second-order valence-corrected chi connectivity index (χ2v) is 7.77. The predicted molar refractivity (Wildman–Crippen MR) is 134 cm³/mol. The minimum Gasteiger partial charge on any atom is -0.490 e. The second-order valence-electron chi connectivity index (χ2n) is 7.77. The molecule has 4 aromatic rings. The molecule has 172 valence electrons. The Hall–Kier alpha value is -4.25. The topological polar surface area (TPSA) is 56.8 Å². The molecule has 1 amide bonds. The molecule has 0 aliphatic rings. The average molecular weight is 454 g/mol. The van der Waals surface area contributed by atoms with Crippen LogP contribution in [0.15, 0.2) is 97.1 Å². The third-order valence-electron chi connectivity index (χ3n) is 5.08. The van der Waals surface area contributed by atoms with Crippen LogP contribution in [0, 0.1) is 6.92 Å². The Morgan fingerprint density at radius 1 is 0.765 bits per heavy atom. The summed E-state index contributed by atoms with van der Waals surface area (Å²) in [6.45, 7) is 4.80. The lowest BCUT2D eigenvalue weighted by molar-refractivity contribution is 0.102. The number of rotatable bonds is 9. The summed E-state index contributed by atoms with van der Waals surface area (Å²) in [4.78, 5) is 12.8. The highest BCUT2D eigenvalue weighted by Crippen LogP contribution is 2.30. The lowest BCUT2D eigenvalue weighted by Gasteiger charge is -2.14. The number of aryl methyl sites for hydroxylation is 1. The molecule has 1 N–H and O–H groups in total. The number of nitrogens with one attached hydrogen (secondary N) is 1. The van der Waals surface area contributed by atoms with Crippen molar-refractivity contribution in [1.82, 2.24) is 0 Å². The molecule has 0 saturated heterocycles. The summed E-state index contributed by atoms with van der Waals surface area (Å²) in [5, 5.41) is 2.91. The number of benzene rings is 4. The van der Waals surface area contributed by atoms with E-state index in [-0.39, 0.29) is 5.91 Å². The molecule has 5 heteroatoms. The fraction of sp³-hybridized carbons (Fsp3) is 0.138. The third kappa shape index (κ3) is 6.17. The van der Waals surface area contributed by atoms with Crippen LogP contribution >= 0.6 is 0 Å². The van der Waals surface area contributed by atoms with E-state index >= 15 is 0 Å². The van der Waals surface area contributed by atoms with Crippen molar-refractivity contribution in [1.29, 1.82) is 0 Å². The van der Waals surface area contributed by atoms with Crippen LogP contribution in [-0.2, 0) is 6.61 Å². The van der Waals surface area contributed by atoms with Crippen molar-refractivity contribution < 1.29 is 19.0 Å². The molecule has 0 heterocycles. The number of carbonyl (C=O) groups excluding carboxylic acids is 1. The van der Waals surface area contributed by atoms with Gasteiger partial charge in [0, 0.05) is 11.3 Å². The van der Waals surface area contributed by atoms with E-state index in [9.17, 15) is 4.79 Å². The van der Waals surface area contributed by atoms with Gasteiger partial charge in [-0.15, -0.1) is 0 Å². The van der Waals surface area contributed by atoms with E-state index in [1.165, 1.54) is 0 Å². The molecule has 0 radical (unpaired) electrons. The summed E-state index contributed by atoms with van der Waals surface area (Å²) < 4.78 is 17.5. The molecule has 4 rings (SSSR count). The summed E-state index contributed by atoms with van der Waals surface area (Å²) in [6, 6.07) is 30.2. The monoisotopic (exact) mass is 453 g/mol. The molecular formula is C29H27NO4. The Balaban J connectivity index is 1.41. The van der Waals surface area contributed by atoms with Crippen molar-refractivity contribution >= 4 is 11.6 Å². The molecule has 0 aliphatic heterocycles. The number of ether oxygens (including phenoxy) is 3. The Morgan fingerprint density at radius 2 is 1.56 bits per heavy atom. The van der Waals surface area contributed by atoms with Crippen LogP contribution in [0.5, 0.6) is 23.0 Å². The first kappa shape index (κ1) is 22.9. The first-order valence-corrected chi connectivity index (χ1v) is 11.2. The van der Waals surface area contributed by atoms with E-state index in [4.69, 9.17) is 14.2 Å². The van der Waals surface area contributed by atoms with Crippen LogP contribution in [0.2, 0.25) is 0 Å². The van der Waals surface area contributed by atoms with Gasteiger partial charge >= 0.3 is 0 Å². The van der Waals surface area contributed by atoms with Crippen LogP contribution in [0.1, 0.15) is 28.4 Å². The summed E-state index contributed by atoms with van der Waals surface area (Å²) >= 11 is 0. The molecule has 0 aromatic heterocycles. The number of hydrogen-bond acceptors (Lipinski definition) is 4. The lowest BCUT2D eigenvalue weighted by atomic mass is 10.1. The smallest absolute Gasteiger partial charge is 0.255 e. The standard InChI is InChI=1S/C29H27NO4/c1-3-32-28-19-23(12-17-27(28)33-20-22-9-5-4-6-10-22)29(31)30-24-13-15-25(16-14-24)34-26-11-7-8-21(2)18-26/h4-19H,3,20H2,1-2H3,(H,30,31).